The van der Waals surface area contributed by atoms with Crippen molar-refractivity contribution in [3.05, 3.63) is 40.9 Å². The lowest BCUT2D eigenvalue weighted by Crippen LogP contribution is -2.53. The average molecular weight is 347 g/mol. The van der Waals surface area contributed by atoms with Gasteiger partial charge in [0.15, 0.2) is 0 Å². The summed E-state index contributed by atoms with van der Waals surface area (Å²) in [4.78, 5) is 25.2. The van der Waals surface area contributed by atoms with Crippen LogP contribution in [0.15, 0.2) is 30.3 Å². The Labute approximate surface area is 136 Å². The summed E-state index contributed by atoms with van der Waals surface area (Å²) in [5, 5.41) is 0.582. The Bertz CT molecular complexity index is 606. The van der Waals surface area contributed by atoms with Crippen molar-refractivity contribution in [1.29, 1.82) is 0 Å². The first-order chi connectivity index (χ1) is 10.8. The Morgan fingerprint density at radius 1 is 1.00 bits per heavy atom. The molecule has 1 aliphatic rings. The van der Waals surface area contributed by atoms with E-state index in [9.17, 15) is 22.8 Å². The number of carbonyl (C=O) groups excluding carboxylic acids is 2. The predicted molar refractivity (Wildman–Crippen MR) is 79.7 cm³/mol. The van der Waals surface area contributed by atoms with Crippen LogP contribution in [0.4, 0.5) is 13.2 Å². The molecule has 0 atom stereocenters. The number of hydrogen-bond acceptors (Lipinski definition) is 2. The van der Waals surface area contributed by atoms with Crippen molar-refractivity contribution in [1.82, 2.24) is 9.80 Å². The molecule has 0 aromatic heterocycles. The van der Waals surface area contributed by atoms with Gasteiger partial charge < -0.3 is 9.80 Å². The van der Waals surface area contributed by atoms with Gasteiger partial charge in [-0.2, -0.15) is 13.2 Å². The van der Waals surface area contributed by atoms with Gasteiger partial charge in [-0.1, -0.05) is 23.7 Å². The Hall–Kier alpha value is -2.02. The Kier molecular flexibility index (Phi) is 5.30. The van der Waals surface area contributed by atoms with Crippen molar-refractivity contribution >= 4 is 29.5 Å². The van der Waals surface area contributed by atoms with Crippen molar-refractivity contribution in [2.75, 3.05) is 26.2 Å². The molecule has 124 valence electrons. The quantitative estimate of drug-likeness (QED) is 0.772. The van der Waals surface area contributed by atoms with E-state index >= 15 is 0 Å². The Balaban J connectivity index is 1.88. The summed E-state index contributed by atoms with van der Waals surface area (Å²) in [5.74, 6) is -2.17. The number of rotatable bonds is 2. The number of amides is 2. The number of nitrogens with zero attached hydrogens (tertiary/aromatic N) is 2. The van der Waals surface area contributed by atoms with E-state index in [-0.39, 0.29) is 32.1 Å². The molecular weight excluding hydrogens is 333 g/mol. The minimum absolute atomic E-state index is 0.0750. The maximum atomic E-state index is 12.3. The second-order valence-corrected chi connectivity index (χ2v) is 5.44. The standard InChI is InChI=1S/C15H14ClF3N2O2/c16-12-4-1-11(2-5-12)3-6-13(22)20-7-9-21(10-8-20)14(23)15(17,18)19/h1-6H,7-10H2/b6-3+. The first-order valence-electron chi connectivity index (χ1n) is 6.86. The van der Waals surface area contributed by atoms with Gasteiger partial charge >= 0.3 is 12.1 Å². The lowest BCUT2D eigenvalue weighted by molar-refractivity contribution is -0.187. The number of carbonyl (C=O) groups is 2. The van der Waals surface area contributed by atoms with Gasteiger partial charge in [-0.15, -0.1) is 0 Å². The summed E-state index contributed by atoms with van der Waals surface area (Å²) in [6.07, 6.45) is -1.92. The Morgan fingerprint density at radius 2 is 1.52 bits per heavy atom. The number of hydrogen-bond donors (Lipinski definition) is 0. The largest absolute Gasteiger partial charge is 0.471 e. The van der Waals surface area contributed by atoms with Gasteiger partial charge in [-0.3, -0.25) is 9.59 Å². The van der Waals surface area contributed by atoms with Crippen molar-refractivity contribution in [2.45, 2.75) is 6.18 Å². The normalized spacial score (nSPS) is 16.0. The number of alkyl halides is 3. The highest BCUT2D eigenvalue weighted by atomic mass is 35.5. The third-order valence-electron chi connectivity index (χ3n) is 3.41. The molecule has 4 nitrogen and oxygen atoms in total. The fourth-order valence-electron chi connectivity index (χ4n) is 2.16. The highest BCUT2D eigenvalue weighted by Crippen LogP contribution is 2.19. The Morgan fingerprint density at radius 3 is 2.04 bits per heavy atom. The number of benzene rings is 1. The zero-order valence-electron chi connectivity index (χ0n) is 12.0. The molecule has 1 saturated heterocycles. The molecule has 1 aromatic carbocycles. The fraction of sp³-hybridized carbons (Fsp3) is 0.333. The third kappa shape index (κ3) is 4.72. The summed E-state index contributed by atoms with van der Waals surface area (Å²) < 4.78 is 37.0. The minimum atomic E-state index is -4.87. The second kappa shape index (κ2) is 7.04. The lowest BCUT2D eigenvalue weighted by Gasteiger charge is -2.34. The molecule has 2 rings (SSSR count). The van der Waals surface area contributed by atoms with E-state index in [1.807, 2.05) is 0 Å². The van der Waals surface area contributed by atoms with Crippen LogP contribution in [0.5, 0.6) is 0 Å². The van der Waals surface area contributed by atoms with Crippen LogP contribution in [0.3, 0.4) is 0 Å². The molecular formula is C15H14ClF3N2O2. The zero-order valence-corrected chi connectivity index (χ0v) is 12.8. The van der Waals surface area contributed by atoms with Gasteiger partial charge in [-0.25, -0.2) is 0 Å². The highest BCUT2D eigenvalue weighted by Gasteiger charge is 2.43. The lowest BCUT2D eigenvalue weighted by atomic mass is 10.2. The third-order valence-corrected chi connectivity index (χ3v) is 3.66. The van der Waals surface area contributed by atoms with Crippen LogP contribution in [0.1, 0.15) is 5.56 Å². The maximum absolute atomic E-state index is 12.3. The summed E-state index contributed by atoms with van der Waals surface area (Å²) >= 11 is 5.76. The van der Waals surface area contributed by atoms with Crippen LogP contribution in [-0.2, 0) is 9.59 Å². The first-order valence-corrected chi connectivity index (χ1v) is 7.24. The first kappa shape index (κ1) is 17.3. The molecule has 1 aliphatic heterocycles. The maximum Gasteiger partial charge on any atom is 0.471 e. The average Bonchev–Trinajstić information content (AvgIpc) is 2.52. The van der Waals surface area contributed by atoms with Crippen LogP contribution in [0, 0.1) is 0 Å². The molecule has 23 heavy (non-hydrogen) atoms. The molecule has 0 bridgehead atoms. The van der Waals surface area contributed by atoms with Gasteiger partial charge in [-0.05, 0) is 23.8 Å². The molecule has 0 spiro atoms. The second-order valence-electron chi connectivity index (χ2n) is 5.00. The van der Waals surface area contributed by atoms with Gasteiger partial charge in [0, 0.05) is 37.3 Å². The molecule has 0 radical (unpaired) electrons. The van der Waals surface area contributed by atoms with Crippen molar-refractivity contribution < 1.29 is 22.8 Å². The van der Waals surface area contributed by atoms with E-state index in [1.54, 1.807) is 30.3 Å². The molecule has 8 heteroatoms. The minimum Gasteiger partial charge on any atom is -0.336 e. The van der Waals surface area contributed by atoms with Gasteiger partial charge in [0.25, 0.3) is 0 Å². The van der Waals surface area contributed by atoms with Gasteiger partial charge in [0.05, 0.1) is 0 Å². The topological polar surface area (TPSA) is 40.6 Å². The van der Waals surface area contributed by atoms with Crippen LogP contribution >= 0.6 is 11.6 Å². The van der Waals surface area contributed by atoms with E-state index in [0.717, 1.165) is 5.56 Å². The van der Waals surface area contributed by atoms with Crippen LogP contribution < -0.4 is 0 Å². The SMILES string of the molecule is O=C(/C=C/c1ccc(Cl)cc1)N1CCN(C(=O)C(F)(F)F)CC1. The van der Waals surface area contributed by atoms with E-state index in [4.69, 9.17) is 11.6 Å². The summed E-state index contributed by atoms with van der Waals surface area (Å²) in [6, 6.07) is 6.86. The number of piperazine rings is 1. The zero-order chi connectivity index (χ0) is 17.0. The number of halogens is 4. The van der Waals surface area contributed by atoms with Gasteiger partial charge in [0.2, 0.25) is 5.91 Å². The van der Waals surface area contributed by atoms with Crippen molar-refractivity contribution in [2.24, 2.45) is 0 Å². The van der Waals surface area contributed by atoms with Crippen LogP contribution in [-0.4, -0.2) is 54.0 Å². The van der Waals surface area contributed by atoms with E-state index < -0.39 is 12.1 Å². The molecule has 0 saturated carbocycles. The highest BCUT2D eigenvalue weighted by molar-refractivity contribution is 6.30. The van der Waals surface area contributed by atoms with Gasteiger partial charge in [0.1, 0.15) is 0 Å². The predicted octanol–water partition coefficient (Wildman–Crippen LogP) is 2.59. The van der Waals surface area contributed by atoms with Crippen molar-refractivity contribution in [3.63, 3.8) is 0 Å². The summed E-state index contributed by atoms with van der Waals surface area (Å²) in [5.41, 5.74) is 0.786. The molecule has 1 aromatic rings. The smallest absolute Gasteiger partial charge is 0.336 e. The molecule has 1 fully saturated rings. The molecule has 0 unspecified atom stereocenters. The van der Waals surface area contributed by atoms with Crippen LogP contribution in [0.25, 0.3) is 6.08 Å². The summed E-state index contributed by atoms with van der Waals surface area (Å²) in [7, 11) is 0. The van der Waals surface area contributed by atoms with Crippen LogP contribution in [0.2, 0.25) is 5.02 Å². The van der Waals surface area contributed by atoms with E-state index in [1.165, 1.54) is 11.0 Å². The molecule has 2 amide bonds. The monoisotopic (exact) mass is 346 g/mol. The molecule has 0 aliphatic carbocycles. The van der Waals surface area contributed by atoms with Crippen molar-refractivity contribution in [3.8, 4) is 0 Å². The molecule has 1 heterocycles. The summed E-state index contributed by atoms with van der Waals surface area (Å²) in [6.45, 7) is -0.102. The fourth-order valence-corrected chi connectivity index (χ4v) is 2.28. The van der Waals surface area contributed by atoms with E-state index in [2.05, 4.69) is 0 Å². The molecule has 0 N–H and O–H groups in total. The van der Waals surface area contributed by atoms with E-state index in [0.29, 0.717) is 9.92 Å².